The summed E-state index contributed by atoms with van der Waals surface area (Å²) in [6.07, 6.45) is -2.35. The van der Waals surface area contributed by atoms with Crippen molar-refractivity contribution in [3.05, 3.63) is 0 Å². The predicted molar refractivity (Wildman–Crippen MR) is 56.0 cm³/mol. The molecule has 6 heteroatoms. The topological polar surface area (TPSA) is 41.1 Å². The molecule has 0 atom stereocenters. The van der Waals surface area contributed by atoms with Crippen LogP contribution in [-0.4, -0.2) is 31.7 Å². The van der Waals surface area contributed by atoms with E-state index >= 15 is 0 Å². The van der Waals surface area contributed by atoms with Crippen molar-refractivity contribution in [3.8, 4) is 0 Å². The molecule has 3 nitrogen and oxygen atoms in total. The third-order valence-corrected chi connectivity index (χ3v) is 2.36. The van der Waals surface area contributed by atoms with Crippen LogP contribution in [0.15, 0.2) is 0 Å². The number of alkyl halides is 3. The van der Waals surface area contributed by atoms with E-state index in [1.54, 1.807) is 5.32 Å². The van der Waals surface area contributed by atoms with Gasteiger partial charge in [-0.2, -0.15) is 13.2 Å². The quantitative estimate of drug-likeness (QED) is 0.711. The summed E-state index contributed by atoms with van der Waals surface area (Å²) in [6, 6.07) is 0. The molecule has 0 aliphatic carbocycles. The third-order valence-electron chi connectivity index (χ3n) is 2.36. The first-order valence-electron chi connectivity index (χ1n) is 5.43. The van der Waals surface area contributed by atoms with Gasteiger partial charge in [0.25, 0.3) is 0 Å². The van der Waals surface area contributed by atoms with Crippen molar-refractivity contribution in [2.45, 2.75) is 32.9 Å². The highest BCUT2D eigenvalue weighted by Gasteiger charge is 2.27. The van der Waals surface area contributed by atoms with E-state index in [0.29, 0.717) is 12.5 Å². The Morgan fingerprint density at radius 2 is 1.81 bits per heavy atom. The van der Waals surface area contributed by atoms with E-state index < -0.39 is 18.6 Å². The van der Waals surface area contributed by atoms with Gasteiger partial charge in [-0.15, -0.1) is 0 Å². The number of carbonyl (C=O) groups is 1. The van der Waals surface area contributed by atoms with Crippen molar-refractivity contribution in [1.29, 1.82) is 0 Å². The molecule has 1 amide bonds. The van der Waals surface area contributed by atoms with Crippen LogP contribution in [0.25, 0.3) is 0 Å². The van der Waals surface area contributed by atoms with Gasteiger partial charge in [0, 0.05) is 0 Å². The SMILES string of the molecule is CCC(CC)CNCC(=O)NCC(F)(F)F. The minimum atomic E-state index is -4.34. The van der Waals surface area contributed by atoms with Gasteiger partial charge < -0.3 is 10.6 Å². The van der Waals surface area contributed by atoms with Crippen LogP contribution in [0.5, 0.6) is 0 Å². The predicted octanol–water partition coefficient (Wildman–Crippen LogP) is 1.69. The summed E-state index contributed by atoms with van der Waals surface area (Å²) in [4.78, 5) is 11.0. The van der Waals surface area contributed by atoms with Crippen LogP contribution in [0, 0.1) is 5.92 Å². The molecule has 16 heavy (non-hydrogen) atoms. The molecule has 0 unspecified atom stereocenters. The maximum absolute atomic E-state index is 11.7. The summed E-state index contributed by atoms with van der Waals surface area (Å²) >= 11 is 0. The summed E-state index contributed by atoms with van der Waals surface area (Å²) in [5.41, 5.74) is 0. The van der Waals surface area contributed by atoms with Crippen molar-refractivity contribution in [3.63, 3.8) is 0 Å². The van der Waals surface area contributed by atoms with Crippen LogP contribution in [0.3, 0.4) is 0 Å². The molecule has 0 saturated heterocycles. The van der Waals surface area contributed by atoms with Crippen LogP contribution in [0.2, 0.25) is 0 Å². The number of amides is 1. The molecular formula is C10H19F3N2O. The molecule has 96 valence electrons. The van der Waals surface area contributed by atoms with Gasteiger partial charge in [-0.3, -0.25) is 4.79 Å². The second-order valence-electron chi connectivity index (χ2n) is 3.71. The molecule has 0 aliphatic rings. The molecule has 0 aromatic rings. The van der Waals surface area contributed by atoms with Gasteiger partial charge in [-0.25, -0.2) is 0 Å². The van der Waals surface area contributed by atoms with Gasteiger partial charge in [-0.05, 0) is 12.5 Å². The molecule has 0 aromatic carbocycles. The number of halogens is 3. The van der Waals surface area contributed by atoms with E-state index in [0.717, 1.165) is 12.8 Å². The van der Waals surface area contributed by atoms with Crippen molar-refractivity contribution < 1.29 is 18.0 Å². The zero-order chi connectivity index (χ0) is 12.6. The molecule has 0 radical (unpaired) electrons. The highest BCUT2D eigenvalue weighted by atomic mass is 19.4. The van der Waals surface area contributed by atoms with Gasteiger partial charge in [0.2, 0.25) is 5.91 Å². The second-order valence-corrected chi connectivity index (χ2v) is 3.71. The number of carbonyl (C=O) groups excluding carboxylic acids is 1. The zero-order valence-corrected chi connectivity index (χ0v) is 9.66. The fraction of sp³-hybridized carbons (Fsp3) is 0.900. The van der Waals surface area contributed by atoms with E-state index in [9.17, 15) is 18.0 Å². The summed E-state index contributed by atoms with van der Waals surface area (Å²) in [5.74, 6) is -0.154. The van der Waals surface area contributed by atoms with E-state index in [-0.39, 0.29) is 6.54 Å². The average molecular weight is 240 g/mol. The maximum Gasteiger partial charge on any atom is 0.405 e. The largest absolute Gasteiger partial charge is 0.405 e. The lowest BCUT2D eigenvalue weighted by molar-refractivity contribution is -0.137. The molecule has 0 rings (SSSR count). The Bertz CT molecular complexity index is 203. The first-order chi connectivity index (χ1) is 7.39. The first-order valence-corrected chi connectivity index (χ1v) is 5.43. The summed E-state index contributed by atoms with van der Waals surface area (Å²) in [5, 5.41) is 4.65. The van der Waals surface area contributed by atoms with Gasteiger partial charge in [0.05, 0.1) is 6.54 Å². The fourth-order valence-electron chi connectivity index (χ4n) is 1.23. The van der Waals surface area contributed by atoms with Gasteiger partial charge in [-0.1, -0.05) is 26.7 Å². The lowest BCUT2D eigenvalue weighted by Gasteiger charge is -2.13. The molecule has 0 saturated carbocycles. The van der Waals surface area contributed by atoms with E-state index in [1.807, 2.05) is 13.8 Å². The number of rotatable bonds is 7. The summed E-state index contributed by atoms with van der Waals surface area (Å²) < 4.78 is 35.2. The Kier molecular flexibility index (Phi) is 7.12. The molecule has 0 bridgehead atoms. The lowest BCUT2D eigenvalue weighted by atomic mass is 10.0. The van der Waals surface area contributed by atoms with E-state index in [2.05, 4.69) is 5.32 Å². The standard InChI is InChI=1S/C10H19F3N2O/c1-3-8(4-2)5-14-6-9(16)15-7-10(11,12)13/h8,14H,3-7H2,1-2H3,(H,15,16). The van der Waals surface area contributed by atoms with Crippen molar-refractivity contribution >= 4 is 5.91 Å². The van der Waals surface area contributed by atoms with Gasteiger partial charge in [0.15, 0.2) is 0 Å². The average Bonchev–Trinajstić information content (AvgIpc) is 2.20. The monoisotopic (exact) mass is 240 g/mol. The first kappa shape index (κ1) is 15.2. The maximum atomic E-state index is 11.7. The Labute approximate surface area is 93.8 Å². The summed E-state index contributed by atoms with van der Waals surface area (Å²) in [6.45, 7) is 3.41. The van der Waals surface area contributed by atoms with E-state index in [4.69, 9.17) is 0 Å². The van der Waals surface area contributed by atoms with Crippen molar-refractivity contribution in [2.75, 3.05) is 19.6 Å². The summed E-state index contributed by atoms with van der Waals surface area (Å²) in [7, 11) is 0. The smallest absolute Gasteiger partial charge is 0.346 e. The van der Waals surface area contributed by atoms with Gasteiger partial charge in [0.1, 0.15) is 6.54 Å². The van der Waals surface area contributed by atoms with Crippen LogP contribution < -0.4 is 10.6 Å². The second kappa shape index (κ2) is 7.49. The molecule has 0 heterocycles. The molecular weight excluding hydrogens is 221 g/mol. The fourth-order valence-corrected chi connectivity index (χ4v) is 1.23. The van der Waals surface area contributed by atoms with Crippen LogP contribution >= 0.6 is 0 Å². The highest BCUT2D eigenvalue weighted by Crippen LogP contribution is 2.11. The molecule has 0 aliphatic heterocycles. The minimum absolute atomic E-state index is 0.0629. The molecule has 0 spiro atoms. The normalized spacial score (nSPS) is 11.9. The number of nitrogens with one attached hydrogen (secondary N) is 2. The molecule has 2 N–H and O–H groups in total. The number of hydrogen-bond acceptors (Lipinski definition) is 2. The van der Waals surface area contributed by atoms with Crippen molar-refractivity contribution in [2.24, 2.45) is 5.92 Å². The Hall–Kier alpha value is -0.780. The Balaban J connectivity index is 3.58. The number of hydrogen-bond donors (Lipinski definition) is 2. The third kappa shape index (κ3) is 8.52. The Morgan fingerprint density at radius 1 is 1.25 bits per heavy atom. The highest BCUT2D eigenvalue weighted by molar-refractivity contribution is 5.77. The Morgan fingerprint density at radius 3 is 2.25 bits per heavy atom. The van der Waals surface area contributed by atoms with Gasteiger partial charge >= 0.3 is 6.18 Å². The van der Waals surface area contributed by atoms with Crippen LogP contribution in [0.4, 0.5) is 13.2 Å². The zero-order valence-electron chi connectivity index (χ0n) is 9.66. The van der Waals surface area contributed by atoms with Crippen LogP contribution in [-0.2, 0) is 4.79 Å². The molecule has 0 aromatic heterocycles. The van der Waals surface area contributed by atoms with E-state index in [1.165, 1.54) is 0 Å². The van der Waals surface area contributed by atoms with Crippen LogP contribution in [0.1, 0.15) is 26.7 Å². The van der Waals surface area contributed by atoms with Crippen molar-refractivity contribution in [1.82, 2.24) is 10.6 Å². The minimum Gasteiger partial charge on any atom is -0.346 e. The lowest BCUT2D eigenvalue weighted by Crippen LogP contribution is -2.40. The molecule has 0 fully saturated rings.